The van der Waals surface area contributed by atoms with E-state index in [1.807, 2.05) is 6.92 Å². The van der Waals surface area contributed by atoms with Gasteiger partial charge in [-0.05, 0) is 19.3 Å². The Kier molecular flexibility index (Phi) is 6.11. The Morgan fingerprint density at radius 3 is 2.68 bits per heavy atom. The van der Waals surface area contributed by atoms with Crippen molar-refractivity contribution >= 4 is 17.9 Å². The molecule has 0 spiro atoms. The van der Waals surface area contributed by atoms with Gasteiger partial charge in [-0.15, -0.1) is 0 Å². The molecule has 0 aromatic rings. The number of carbonyl (C=O) groups is 3. The minimum absolute atomic E-state index is 0.0763. The number of hydrogen-bond donors (Lipinski definition) is 3. The first-order chi connectivity index (χ1) is 9.04. The summed E-state index contributed by atoms with van der Waals surface area (Å²) in [7, 11) is 0. The van der Waals surface area contributed by atoms with Gasteiger partial charge in [0.05, 0.1) is 12.5 Å². The minimum atomic E-state index is -0.877. The number of carboxylic acids is 1. The van der Waals surface area contributed by atoms with Crippen molar-refractivity contribution in [3.05, 3.63) is 0 Å². The van der Waals surface area contributed by atoms with Crippen molar-refractivity contribution in [2.75, 3.05) is 26.2 Å². The van der Waals surface area contributed by atoms with E-state index in [0.29, 0.717) is 25.9 Å². The third kappa shape index (κ3) is 5.15. The maximum atomic E-state index is 11.8. The fourth-order valence-corrected chi connectivity index (χ4v) is 1.96. The van der Waals surface area contributed by atoms with Gasteiger partial charge in [0.15, 0.2) is 0 Å². The van der Waals surface area contributed by atoms with Crippen LogP contribution in [-0.2, 0) is 9.59 Å². The number of carboxylic acid groups (broad SMARTS) is 1. The third-order valence-corrected chi connectivity index (χ3v) is 3.03. The van der Waals surface area contributed by atoms with Gasteiger partial charge in [0.2, 0.25) is 5.91 Å². The number of piperidine rings is 1. The molecule has 1 heterocycles. The smallest absolute Gasteiger partial charge is 0.317 e. The molecule has 1 unspecified atom stereocenters. The van der Waals surface area contributed by atoms with E-state index in [9.17, 15) is 14.4 Å². The average Bonchev–Trinajstić information content (AvgIpc) is 2.42. The van der Waals surface area contributed by atoms with Crippen molar-refractivity contribution in [3.8, 4) is 0 Å². The zero-order valence-electron chi connectivity index (χ0n) is 11.1. The molecule has 19 heavy (non-hydrogen) atoms. The molecule has 3 N–H and O–H groups in total. The number of rotatable bonds is 5. The highest BCUT2D eigenvalue weighted by molar-refractivity contribution is 5.84. The van der Waals surface area contributed by atoms with Crippen LogP contribution in [0.25, 0.3) is 0 Å². The van der Waals surface area contributed by atoms with Crippen LogP contribution in [-0.4, -0.2) is 54.1 Å². The summed E-state index contributed by atoms with van der Waals surface area (Å²) in [5.41, 5.74) is 0. The molecule has 108 valence electrons. The van der Waals surface area contributed by atoms with Crippen molar-refractivity contribution in [2.24, 2.45) is 5.92 Å². The first-order valence-electron chi connectivity index (χ1n) is 6.56. The summed E-state index contributed by atoms with van der Waals surface area (Å²) < 4.78 is 0. The van der Waals surface area contributed by atoms with Gasteiger partial charge in [-0.25, -0.2) is 4.79 Å². The molecule has 7 heteroatoms. The van der Waals surface area contributed by atoms with E-state index < -0.39 is 11.9 Å². The van der Waals surface area contributed by atoms with Gasteiger partial charge in [-0.1, -0.05) is 6.92 Å². The van der Waals surface area contributed by atoms with Gasteiger partial charge in [-0.2, -0.15) is 0 Å². The van der Waals surface area contributed by atoms with Crippen molar-refractivity contribution in [2.45, 2.75) is 26.2 Å². The van der Waals surface area contributed by atoms with Crippen LogP contribution in [0.3, 0.4) is 0 Å². The quantitative estimate of drug-likeness (QED) is 0.656. The van der Waals surface area contributed by atoms with Crippen LogP contribution < -0.4 is 10.6 Å². The molecule has 0 aliphatic carbocycles. The van der Waals surface area contributed by atoms with Crippen LogP contribution in [0.15, 0.2) is 0 Å². The van der Waals surface area contributed by atoms with E-state index in [1.165, 1.54) is 4.90 Å². The van der Waals surface area contributed by atoms with Crippen molar-refractivity contribution < 1.29 is 19.5 Å². The van der Waals surface area contributed by atoms with Crippen LogP contribution in [0.5, 0.6) is 0 Å². The second kappa shape index (κ2) is 7.60. The van der Waals surface area contributed by atoms with Crippen LogP contribution in [0.1, 0.15) is 26.2 Å². The molecule has 1 saturated heterocycles. The topological polar surface area (TPSA) is 98.7 Å². The third-order valence-electron chi connectivity index (χ3n) is 3.03. The highest BCUT2D eigenvalue weighted by Gasteiger charge is 2.28. The van der Waals surface area contributed by atoms with Gasteiger partial charge in [0.1, 0.15) is 0 Å². The Morgan fingerprint density at radius 1 is 1.32 bits per heavy atom. The van der Waals surface area contributed by atoms with E-state index in [-0.39, 0.29) is 25.0 Å². The number of likely N-dealkylation sites (tertiary alicyclic amines) is 1. The predicted molar refractivity (Wildman–Crippen MR) is 68.6 cm³/mol. The Bertz CT molecular complexity index is 346. The molecular weight excluding hydrogens is 250 g/mol. The van der Waals surface area contributed by atoms with E-state index in [4.69, 9.17) is 5.11 Å². The highest BCUT2D eigenvalue weighted by atomic mass is 16.4. The number of urea groups is 1. The standard InChI is InChI=1S/C12H21N3O4/c1-2-5-13-10(16)7-14-12(19)15-6-3-4-9(8-15)11(17)18/h9H,2-8H2,1H3,(H,13,16)(H,14,19)(H,17,18). The van der Waals surface area contributed by atoms with E-state index in [1.54, 1.807) is 0 Å². The van der Waals surface area contributed by atoms with Gasteiger partial charge in [-0.3, -0.25) is 9.59 Å². The summed E-state index contributed by atoms with van der Waals surface area (Å²) in [5.74, 6) is -1.62. The molecule has 0 aromatic carbocycles. The van der Waals surface area contributed by atoms with Gasteiger partial charge in [0.25, 0.3) is 0 Å². The van der Waals surface area contributed by atoms with E-state index >= 15 is 0 Å². The Balaban J connectivity index is 2.32. The van der Waals surface area contributed by atoms with Gasteiger partial charge < -0.3 is 20.6 Å². The Morgan fingerprint density at radius 2 is 2.05 bits per heavy atom. The monoisotopic (exact) mass is 271 g/mol. The molecular formula is C12H21N3O4. The van der Waals surface area contributed by atoms with Crippen molar-refractivity contribution in [1.29, 1.82) is 0 Å². The minimum Gasteiger partial charge on any atom is -0.481 e. The zero-order chi connectivity index (χ0) is 14.3. The second-order valence-corrected chi connectivity index (χ2v) is 4.63. The lowest BCUT2D eigenvalue weighted by Gasteiger charge is -2.30. The summed E-state index contributed by atoms with van der Waals surface area (Å²) in [6, 6.07) is -0.377. The highest BCUT2D eigenvalue weighted by Crippen LogP contribution is 2.16. The molecule has 0 saturated carbocycles. The number of aliphatic carboxylic acids is 1. The lowest BCUT2D eigenvalue weighted by molar-refractivity contribution is -0.143. The molecule has 1 fully saturated rings. The number of hydrogen-bond acceptors (Lipinski definition) is 3. The lowest BCUT2D eigenvalue weighted by atomic mass is 9.99. The average molecular weight is 271 g/mol. The number of nitrogens with one attached hydrogen (secondary N) is 2. The Labute approximate surface area is 112 Å². The van der Waals surface area contributed by atoms with Crippen LogP contribution in [0, 0.1) is 5.92 Å². The first-order valence-corrected chi connectivity index (χ1v) is 6.56. The maximum Gasteiger partial charge on any atom is 0.317 e. The SMILES string of the molecule is CCCNC(=O)CNC(=O)N1CCCC(C(=O)O)C1. The molecule has 0 aromatic heterocycles. The van der Waals surface area contributed by atoms with E-state index in [0.717, 1.165) is 6.42 Å². The fraction of sp³-hybridized carbons (Fsp3) is 0.750. The van der Waals surface area contributed by atoms with Crippen LogP contribution in [0.2, 0.25) is 0 Å². The molecule has 0 radical (unpaired) electrons. The fourth-order valence-electron chi connectivity index (χ4n) is 1.96. The largest absolute Gasteiger partial charge is 0.481 e. The van der Waals surface area contributed by atoms with Crippen LogP contribution >= 0.6 is 0 Å². The zero-order valence-corrected chi connectivity index (χ0v) is 11.1. The van der Waals surface area contributed by atoms with Gasteiger partial charge in [0, 0.05) is 19.6 Å². The molecule has 1 aliphatic heterocycles. The molecule has 1 aliphatic rings. The molecule has 0 bridgehead atoms. The summed E-state index contributed by atoms with van der Waals surface area (Å²) in [5, 5.41) is 14.1. The summed E-state index contributed by atoms with van der Waals surface area (Å²) in [6.07, 6.45) is 2.11. The lowest BCUT2D eigenvalue weighted by Crippen LogP contribution is -2.49. The number of amides is 3. The normalized spacial score (nSPS) is 18.8. The number of nitrogens with zero attached hydrogens (tertiary/aromatic N) is 1. The van der Waals surface area contributed by atoms with E-state index in [2.05, 4.69) is 10.6 Å². The maximum absolute atomic E-state index is 11.8. The number of carbonyl (C=O) groups excluding carboxylic acids is 2. The van der Waals surface area contributed by atoms with Crippen LogP contribution in [0.4, 0.5) is 4.79 Å². The summed E-state index contributed by atoms with van der Waals surface area (Å²) in [6.45, 7) is 3.19. The Hall–Kier alpha value is -1.79. The first kappa shape index (κ1) is 15.3. The van der Waals surface area contributed by atoms with Gasteiger partial charge >= 0.3 is 12.0 Å². The molecule has 7 nitrogen and oxygen atoms in total. The molecule has 1 atom stereocenters. The molecule has 3 amide bonds. The second-order valence-electron chi connectivity index (χ2n) is 4.63. The summed E-state index contributed by atoms with van der Waals surface area (Å²) in [4.78, 5) is 35.4. The predicted octanol–water partition coefficient (Wildman–Crippen LogP) is 0.0188. The van der Waals surface area contributed by atoms with Crippen molar-refractivity contribution in [1.82, 2.24) is 15.5 Å². The molecule has 1 rings (SSSR count). The van der Waals surface area contributed by atoms with Crippen molar-refractivity contribution in [3.63, 3.8) is 0 Å². The summed E-state index contributed by atoms with van der Waals surface area (Å²) >= 11 is 0.